The molecule has 1 N–H and O–H groups in total. The maximum atomic E-state index is 3.49. The van der Waals surface area contributed by atoms with Crippen LogP contribution in [0, 0.1) is 20.8 Å². The third-order valence-electron chi connectivity index (χ3n) is 3.00. The van der Waals surface area contributed by atoms with Gasteiger partial charge in [-0.3, -0.25) is 0 Å². The Hall–Kier alpha value is -1.76. The zero-order valence-electron chi connectivity index (χ0n) is 10.7. The molecule has 0 atom stereocenters. The molecule has 0 spiro atoms. The van der Waals surface area contributed by atoms with Gasteiger partial charge in [0.25, 0.3) is 0 Å². The van der Waals surface area contributed by atoms with Gasteiger partial charge in [0, 0.05) is 12.2 Å². The Morgan fingerprint density at radius 3 is 2.18 bits per heavy atom. The lowest BCUT2D eigenvalue weighted by Gasteiger charge is -2.10. The number of hydrogen-bond donors (Lipinski definition) is 1. The fourth-order valence-electron chi connectivity index (χ4n) is 1.83. The van der Waals surface area contributed by atoms with Crippen molar-refractivity contribution in [1.29, 1.82) is 0 Å². The van der Waals surface area contributed by atoms with Gasteiger partial charge in [-0.25, -0.2) is 0 Å². The SMILES string of the molecule is Cc1ccc(CNc2cc(C)ccc2C)cc1. The topological polar surface area (TPSA) is 12.0 Å². The summed E-state index contributed by atoms with van der Waals surface area (Å²) >= 11 is 0. The van der Waals surface area contributed by atoms with E-state index in [4.69, 9.17) is 0 Å². The summed E-state index contributed by atoms with van der Waals surface area (Å²) in [6.45, 7) is 7.25. The molecule has 1 heteroatoms. The van der Waals surface area contributed by atoms with Crippen LogP contribution in [-0.4, -0.2) is 0 Å². The molecular weight excluding hydrogens is 206 g/mol. The second-order valence-corrected chi connectivity index (χ2v) is 4.66. The number of hydrogen-bond acceptors (Lipinski definition) is 1. The first kappa shape index (κ1) is 11.7. The van der Waals surface area contributed by atoms with Gasteiger partial charge >= 0.3 is 0 Å². The highest BCUT2D eigenvalue weighted by atomic mass is 14.9. The van der Waals surface area contributed by atoms with Gasteiger partial charge < -0.3 is 5.32 Å². The van der Waals surface area contributed by atoms with Crippen molar-refractivity contribution in [2.24, 2.45) is 0 Å². The molecule has 0 amide bonds. The van der Waals surface area contributed by atoms with Crippen LogP contribution < -0.4 is 5.32 Å². The van der Waals surface area contributed by atoms with Gasteiger partial charge in [0.2, 0.25) is 0 Å². The van der Waals surface area contributed by atoms with Crippen LogP contribution in [0.4, 0.5) is 5.69 Å². The van der Waals surface area contributed by atoms with Crippen molar-refractivity contribution in [3.63, 3.8) is 0 Å². The van der Waals surface area contributed by atoms with Crippen molar-refractivity contribution < 1.29 is 0 Å². The van der Waals surface area contributed by atoms with Crippen LogP contribution in [0.2, 0.25) is 0 Å². The summed E-state index contributed by atoms with van der Waals surface area (Å²) in [5.74, 6) is 0. The highest BCUT2D eigenvalue weighted by Gasteiger charge is 1.98. The van der Waals surface area contributed by atoms with E-state index in [2.05, 4.69) is 68.6 Å². The van der Waals surface area contributed by atoms with Gasteiger partial charge in [-0.1, -0.05) is 42.0 Å². The summed E-state index contributed by atoms with van der Waals surface area (Å²) < 4.78 is 0. The Bertz CT molecular complexity index is 497. The fourth-order valence-corrected chi connectivity index (χ4v) is 1.83. The normalized spacial score (nSPS) is 10.3. The van der Waals surface area contributed by atoms with E-state index in [1.54, 1.807) is 0 Å². The van der Waals surface area contributed by atoms with E-state index < -0.39 is 0 Å². The van der Waals surface area contributed by atoms with Gasteiger partial charge in [-0.05, 0) is 43.5 Å². The molecule has 2 rings (SSSR count). The monoisotopic (exact) mass is 225 g/mol. The van der Waals surface area contributed by atoms with Crippen LogP contribution in [0.5, 0.6) is 0 Å². The first-order valence-electron chi connectivity index (χ1n) is 6.02. The number of anilines is 1. The minimum absolute atomic E-state index is 0.880. The van der Waals surface area contributed by atoms with Gasteiger partial charge in [0.15, 0.2) is 0 Å². The van der Waals surface area contributed by atoms with E-state index in [0.29, 0.717) is 0 Å². The molecule has 88 valence electrons. The van der Waals surface area contributed by atoms with E-state index in [-0.39, 0.29) is 0 Å². The minimum Gasteiger partial charge on any atom is -0.381 e. The summed E-state index contributed by atoms with van der Waals surface area (Å²) in [4.78, 5) is 0. The van der Waals surface area contributed by atoms with Crippen LogP contribution in [0.3, 0.4) is 0 Å². The molecule has 0 fully saturated rings. The fraction of sp³-hybridized carbons (Fsp3) is 0.250. The van der Waals surface area contributed by atoms with Crippen molar-refractivity contribution in [3.05, 3.63) is 64.7 Å². The molecule has 0 saturated heterocycles. The largest absolute Gasteiger partial charge is 0.381 e. The van der Waals surface area contributed by atoms with Crippen molar-refractivity contribution in [1.82, 2.24) is 0 Å². The summed E-state index contributed by atoms with van der Waals surface area (Å²) in [7, 11) is 0. The Balaban J connectivity index is 2.07. The zero-order chi connectivity index (χ0) is 12.3. The average Bonchev–Trinajstić information content (AvgIpc) is 2.32. The molecular formula is C16H19N. The molecule has 0 aliphatic carbocycles. The molecule has 2 aromatic carbocycles. The standard InChI is InChI=1S/C16H19N/c1-12-5-8-15(9-6-12)11-17-16-10-13(2)4-7-14(16)3/h4-10,17H,11H2,1-3H3. The number of benzene rings is 2. The van der Waals surface area contributed by atoms with Crippen molar-refractivity contribution in [2.75, 3.05) is 5.32 Å². The van der Waals surface area contributed by atoms with Crippen LogP contribution in [0.15, 0.2) is 42.5 Å². The molecule has 2 aromatic rings. The molecule has 0 aliphatic heterocycles. The van der Waals surface area contributed by atoms with Crippen molar-refractivity contribution in [3.8, 4) is 0 Å². The lowest BCUT2D eigenvalue weighted by Crippen LogP contribution is -2.01. The molecule has 0 radical (unpaired) electrons. The lowest BCUT2D eigenvalue weighted by molar-refractivity contribution is 1.13. The molecule has 0 heterocycles. The summed E-state index contributed by atoms with van der Waals surface area (Å²) in [5.41, 5.74) is 6.44. The van der Waals surface area contributed by atoms with Crippen LogP contribution in [-0.2, 0) is 6.54 Å². The van der Waals surface area contributed by atoms with E-state index in [1.165, 1.54) is 27.9 Å². The third kappa shape index (κ3) is 3.10. The van der Waals surface area contributed by atoms with Crippen molar-refractivity contribution >= 4 is 5.69 Å². The lowest BCUT2D eigenvalue weighted by atomic mass is 10.1. The maximum absolute atomic E-state index is 3.49. The smallest absolute Gasteiger partial charge is 0.0400 e. The molecule has 0 aliphatic rings. The van der Waals surface area contributed by atoms with Gasteiger partial charge in [-0.15, -0.1) is 0 Å². The number of nitrogens with one attached hydrogen (secondary N) is 1. The predicted molar refractivity (Wildman–Crippen MR) is 74.4 cm³/mol. The van der Waals surface area contributed by atoms with E-state index in [1.807, 2.05) is 0 Å². The van der Waals surface area contributed by atoms with Gasteiger partial charge in [0.1, 0.15) is 0 Å². The number of aryl methyl sites for hydroxylation is 3. The highest BCUT2D eigenvalue weighted by Crippen LogP contribution is 2.17. The Kier molecular flexibility index (Phi) is 3.48. The molecule has 0 bridgehead atoms. The van der Waals surface area contributed by atoms with Gasteiger partial charge in [-0.2, -0.15) is 0 Å². The second kappa shape index (κ2) is 5.05. The third-order valence-corrected chi connectivity index (χ3v) is 3.00. The maximum Gasteiger partial charge on any atom is 0.0400 e. The van der Waals surface area contributed by atoms with Crippen molar-refractivity contribution in [2.45, 2.75) is 27.3 Å². The Labute approximate surface area is 103 Å². The minimum atomic E-state index is 0.880. The Morgan fingerprint density at radius 2 is 1.47 bits per heavy atom. The molecule has 0 saturated carbocycles. The molecule has 17 heavy (non-hydrogen) atoms. The predicted octanol–water partition coefficient (Wildman–Crippen LogP) is 4.22. The van der Waals surface area contributed by atoms with E-state index in [0.717, 1.165) is 6.54 Å². The van der Waals surface area contributed by atoms with Crippen LogP contribution in [0.25, 0.3) is 0 Å². The van der Waals surface area contributed by atoms with Crippen LogP contribution >= 0.6 is 0 Å². The second-order valence-electron chi connectivity index (χ2n) is 4.66. The molecule has 0 aromatic heterocycles. The molecule has 1 nitrogen and oxygen atoms in total. The van der Waals surface area contributed by atoms with E-state index >= 15 is 0 Å². The summed E-state index contributed by atoms with van der Waals surface area (Å²) in [5, 5.41) is 3.49. The number of rotatable bonds is 3. The van der Waals surface area contributed by atoms with E-state index in [9.17, 15) is 0 Å². The Morgan fingerprint density at radius 1 is 0.824 bits per heavy atom. The highest BCUT2D eigenvalue weighted by molar-refractivity contribution is 5.52. The summed E-state index contributed by atoms with van der Waals surface area (Å²) in [6, 6.07) is 15.2. The quantitative estimate of drug-likeness (QED) is 0.824. The average molecular weight is 225 g/mol. The van der Waals surface area contributed by atoms with Gasteiger partial charge in [0.05, 0.1) is 0 Å². The zero-order valence-corrected chi connectivity index (χ0v) is 10.7. The first-order valence-corrected chi connectivity index (χ1v) is 6.02. The van der Waals surface area contributed by atoms with Crippen LogP contribution in [0.1, 0.15) is 22.3 Å². The summed E-state index contributed by atoms with van der Waals surface area (Å²) in [6.07, 6.45) is 0. The molecule has 0 unspecified atom stereocenters. The first-order chi connectivity index (χ1) is 8.15.